The number of amides is 2. The van der Waals surface area contributed by atoms with Gasteiger partial charge in [-0.2, -0.15) is 0 Å². The average molecular weight is 322 g/mol. The Hall–Kier alpha value is -2.15. The maximum atomic E-state index is 12.0. The van der Waals surface area contributed by atoms with Crippen molar-refractivity contribution in [1.29, 1.82) is 0 Å². The lowest BCUT2D eigenvalue weighted by atomic mass is 9.93. The molecule has 1 aromatic rings. The maximum absolute atomic E-state index is 12.0. The fourth-order valence-corrected chi connectivity index (χ4v) is 2.67. The number of urea groups is 1. The molecule has 0 aliphatic carbocycles. The number of rotatable bonds is 8. The van der Waals surface area contributed by atoms with Crippen molar-refractivity contribution in [2.75, 3.05) is 26.0 Å². The van der Waals surface area contributed by atoms with Gasteiger partial charge in [-0.15, -0.1) is 0 Å². The summed E-state index contributed by atoms with van der Waals surface area (Å²) in [6.45, 7) is 4.82. The SMILES string of the molecule is CCC(CC)[C@H](CNC(=O)Nc1cccc([N+](=O)[O-])c1)N(C)C. The van der Waals surface area contributed by atoms with E-state index in [0.717, 1.165) is 12.8 Å². The van der Waals surface area contributed by atoms with E-state index in [0.29, 0.717) is 18.2 Å². The Kier molecular flexibility index (Phi) is 7.47. The zero-order chi connectivity index (χ0) is 17.4. The quantitative estimate of drug-likeness (QED) is 0.569. The zero-order valence-corrected chi connectivity index (χ0v) is 14.2. The normalized spacial score (nSPS) is 12.3. The van der Waals surface area contributed by atoms with Crippen LogP contribution in [-0.4, -0.2) is 42.5 Å². The van der Waals surface area contributed by atoms with Crippen LogP contribution in [0.4, 0.5) is 16.2 Å². The van der Waals surface area contributed by atoms with Crippen LogP contribution < -0.4 is 10.6 Å². The Bertz CT molecular complexity index is 530. The van der Waals surface area contributed by atoms with E-state index in [9.17, 15) is 14.9 Å². The number of nitrogens with zero attached hydrogens (tertiary/aromatic N) is 2. The van der Waals surface area contributed by atoms with Gasteiger partial charge >= 0.3 is 6.03 Å². The van der Waals surface area contributed by atoms with Crippen molar-refractivity contribution in [2.45, 2.75) is 32.7 Å². The van der Waals surface area contributed by atoms with Crippen LogP contribution in [0, 0.1) is 16.0 Å². The summed E-state index contributed by atoms with van der Waals surface area (Å²) >= 11 is 0. The van der Waals surface area contributed by atoms with E-state index in [1.165, 1.54) is 12.1 Å². The van der Waals surface area contributed by atoms with Crippen LogP contribution in [0.3, 0.4) is 0 Å². The van der Waals surface area contributed by atoms with Crippen LogP contribution in [0.15, 0.2) is 24.3 Å². The smallest absolute Gasteiger partial charge is 0.319 e. The molecule has 0 aromatic heterocycles. The summed E-state index contributed by atoms with van der Waals surface area (Å²) in [7, 11) is 4.01. The number of anilines is 1. The molecule has 0 aliphatic heterocycles. The van der Waals surface area contributed by atoms with Crippen molar-refractivity contribution in [2.24, 2.45) is 5.92 Å². The van der Waals surface area contributed by atoms with Crippen LogP contribution in [0.2, 0.25) is 0 Å². The van der Waals surface area contributed by atoms with Gasteiger partial charge in [0, 0.05) is 30.4 Å². The van der Waals surface area contributed by atoms with Crippen molar-refractivity contribution < 1.29 is 9.72 Å². The Balaban J connectivity index is 2.62. The Morgan fingerprint density at radius 1 is 1.30 bits per heavy atom. The van der Waals surface area contributed by atoms with Gasteiger partial charge in [0.1, 0.15) is 0 Å². The number of hydrogen-bond acceptors (Lipinski definition) is 4. The molecule has 0 fully saturated rings. The number of nitro benzene ring substituents is 1. The summed E-state index contributed by atoms with van der Waals surface area (Å²) in [5.74, 6) is 0.503. The number of hydrogen-bond donors (Lipinski definition) is 2. The van der Waals surface area contributed by atoms with Crippen molar-refractivity contribution in [1.82, 2.24) is 10.2 Å². The van der Waals surface area contributed by atoms with Crippen LogP contribution in [0.1, 0.15) is 26.7 Å². The number of carbonyl (C=O) groups is 1. The first-order valence-electron chi connectivity index (χ1n) is 7.84. The first kappa shape index (κ1) is 18.9. The van der Waals surface area contributed by atoms with Gasteiger partial charge in [0.25, 0.3) is 5.69 Å². The van der Waals surface area contributed by atoms with Gasteiger partial charge in [0.05, 0.1) is 4.92 Å². The summed E-state index contributed by atoms with van der Waals surface area (Å²) in [5.41, 5.74) is 0.353. The van der Waals surface area contributed by atoms with Crippen LogP contribution in [-0.2, 0) is 0 Å². The Labute approximate surface area is 137 Å². The second-order valence-corrected chi connectivity index (χ2v) is 5.75. The van der Waals surface area contributed by atoms with E-state index in [2.05, 4.69) is 29.4 Å². The molecule has 1 rings (SSSR count). The van der Waals surface area contributed by atoms with E-state index in [4.69, 9.17) is 0 Å². The van der Waals surface area contributed by atoms with Gasteiger partial charge < -0.3 is 15.5 Å². The number of benzene rings is 1. The van der Waals surface area contributed by atoms with Gasteiger partial charge in [0.15, 0.2) is 0 Å². The van der Waals surface area contributed by atoms with E-state index in [1.54, 1.807) is 12.1 Å². The molecule has 1 atom stereocenters. The van der Waals surface area contributed by atoms with E-state index >= 15 is 0 Å². The van der Waals surface area contributed by atoms with Crippen LogP contribution in [0.25, 0.3) is 0 Å². The van der Waals surface area contributed by atoms with E-state index in [1.807, 2.05) is 14.1 Å². The predicted octanol–water partition coefficient (Wildman–Crippen LogP) is 3.08. The Morgan fingerprint density at radius 3 is 2.48 bits per heavy atom. The van der Waals surface area contributed by atoms with Gasteiger partial charge in [-0.25, -0.2) is 4.79 Å². The third-order valence-electron chi connectivity index (χ3n) is 4.04. The lowest BCUT2D eigenvalue weighted by Crippen LogP contribution is -2.45. The molecule has 2 N–H and O–H groups in total. The van der Waals surface area contributed by atoms with Gasteiger partial charge in [-0.3, -0.25) is 10.1 Å². The number of likely N-dealkylation sites (N-methyl/N-ethyl adjacent to an activating group) is 1. The molecule has 2 amide bonds. The standard InChI is InChI=1S/C16H26N4O3/c1-5-12(6-2)15(19(3)4)11-17-16(21)18-13-8-7-9-14(10-13)20(22)23/h7-10,12,15H,5-6,11H2,1-4H3,(H2,17,18,21)/t15-/m0/s1. The second kappa shape index (κ2) is 9.09. The second-order valence-electron chi connectivity index (χ2n) is 5.75. The predicted molar refractivity (Wildman–Crippen MR) is 91.7 cm³/mol. The highest BCUT2D eigenvalue weighted by Gasteiger charge is 2.21. The number of carbonyl (C=O) groups excluding carboxylic acids is 1. The third kappa shape index (κ3) is 5.86. The molecule has 128 valence electrons. The lowest BCUT2D eigenvalue weighted by molar-refractivity contribution is -0.384. The van der Waals surface area contributed by atoms with Gasteiger partial charge in [-0.05, 0) is 26.1 Å². The number of nitro groups is 1. The molecule has 7 nitrogen and oxygen atoms in total. The molecule has 0 saturated carbocycles. The molecular weight excluding hydrogens is 296 g/mol. The van der Waals surface area contributed by atoms with Gasteiger partial charge in [0.2, 0.25) is 0 Å². The first-order chi connectivity index (χ1) is 10.9. The molecule has 0 spiro atoms. The molecule has 0 saturated heterocycles. The summed E-state index contributed by atoms with van der Waals surface area (Å²) in [4.78, 5) is 24.4. The summed E-state index contributed by atoms with van der Waals surface area (Å²) in [6.07, 6.45) is 2.10. The minimum Gasteiger partial charge on any atom is -0.336 e. The van der Waals surface area contributed by atoms with Crippen LogP contribution >= 0.6 is 0 Å². The molecule has 0 aliphatic rings. The topological polar surface area (TPSA) is 87.5 Å². The van der Waals surface area contributed by atoms with Gasteiger partial charge in [-0.1, -0.05) is 32.8 Å². The van der Waals surface area contributed by atoms with E-state index in [-0.39, 0.29) is 17.8 Å². The highest BCUT2D eigenvalue weighted by atomic mass is 16.6. The van der Waals surface area contributed by atoms with Crippen LogP contribution in [0.5, 0.6) is 0 Å². The molecule has 1 aromatic carbocycles. The average Bonchev–Trinajstić information content (AvgIpc) is 2.51. The summed E-state index contributed by atoms with van der Waals surface area (Å²) in [6, 6.07) is 5.78. The minimum absolute atomic E-state index is 0.0500. The highest BCUT2D eigenvalue weighted by molar-refractivity contribution is 5.89. The number of nitrogens with one attached hydrogen (secondary N) is 2. The molecule has 0 heterocycles. The Morgan fingerprint density at radius 2 is 1.96 bits per heavy atom. The first-order valence-corrected chi connectivity index (χ1v) is 7.84. The largest absolute Gasteiger partial charge is 0.336 e. The summed E-state index contributed by atoms with van der Waals surface area (Å²) < 4.78 is 0. The van der Waals surface area contributed by atoms with E-state index < -0.39 is 4.92 Å². The maximum Gasteiger partial charge on any atom is 0.319 e. The van der Waals surface area contributed by atoms with Crippen molar-refractivity contribution in [3.05, 3.63) is 34.4 Å². The fraction of sp³-hybridized carbons (Fsp3) is 0.562. The number of non-ortho nitro benzene ring substituents is 1. The van der Waals surface area contributed by atoms with Crippen molar-refractivity contribution in [3.8, 4) is 0 Å². The lowest BCUT2D eigenvalue weighted by Gasteiger charge is -2.31. The molecular formula is C16H26N4O3. The molecule has 0 unspecified atom stereocenters. The molecule has 23 heavy (non-hydrogen) atoms. The minimum atomic E-state index is -0.488. The third-order valence-corrected chi connectivity index (χ3v) is 4.04. The van der Waals surface area contributed by atoms with Crippen molar-refractivity contribution >= 4 is 17.4 Å². The highest BCUT2D eigenvalue weighted by Crippen LogP contribution is 2.18. The monoisotopic (exact) mass is 322 g/mol. The summed E-state index contributed by atoms with van der Waals surface area (Å²) in [5, 5.41) is 16.2. The fourth-order valence-electron chi connectivity index (χ4n) is 2.67. The van der Waals surface area contributed by atoms with Crippen molar-refractivity contribution in [3.63, 3.8) is 0 Å². The molecule has 7 heteroatoms. The molecule has 0 radical (unpaired) electrons. The zero-order valence-electron chi connectivity index (χ0n) is 14.2. The molecule has 0 bridgehead atoms.